The maximum Gasteiger partial charge on any atom is 0.324 e. The Hall–Kier alpha value is -1.55. The van der Waals surface area contributed by atoms with Gasteiger partial charge in [0.25, 0.3) is 0 Å². The zero-order chi connectivity index (χ0) is 12.6. The van der Waals surface area contributed by atoms with Crippen molar-refractivity contribution in [3.05, 3.63) is 29.3 Å². The SMILES string of the molecule is Cc1cccc(C)c1N1CC(CN)N(C)C1=O. The quantitative estimate of drug-likeness (QED) is 0.841. The van der Waals surface area contributed by atoms with Crippen molar-refractivity contribution in [2.24, 2.45) is 5.73 Å². The number of benzene rings is 1. The van der Waals surface area contributed by atoms with E-state index < -0.39 is 0 Å². The Morgan fingerprint density at radius 2 is 1.94 bits per heavy atom. The van der Waals surface area contributed by atoms with Crippen LogP contribution in [0, 0.1) is 13.8 Å². The van der Waals surface area contributed by atoms with Gasteiger partial charge in [0.2, 0.25) is 0 Å². The second-order valence-electron chi connectivity index (χ2n) is 4.63. The smallest absolute Gasteiger partial charge is 0.324 e. The first-order chi connectivity index (χ1) is 8.06. The monoisotopic (exact) mass is 233 g/mol. The molecule has 0 spiro atoms. The van der Waals surface area contributed by atoms with Crippen molar-refractivity contribution in [1.82, 2.24) is 4.90 Å². The Kier molecular flexibility index (Phi) is 3.07. The van der Waals surface area contributed by atoms with Gasteiger partial charge in [0, 0.05) is 20.1 Å². The molecule has 0 aromatic heterocycles. The number of anilines is 1. The Bertz CT molecular complexity index is 424. The summed E-state index contributed by atoms with van der Waals surface area (Å²) >= 11 is 0. The highest BCUT2D eigenvalue weighted by molar-refractivity contribution is 5.96. The van der Waals surface area contributed by atoms with Crippen molar-refractivity contribution in [2.75, 3.05) is 25.0 Å². The van der Waals surface area contributed by atoms with Crippen LogP contribution in [0.4, 0.5) is 10.5 Å². The van der Waals surface area contributed by atoms with E-state index in [1.165, 1.54) is 0 Å². The van der Waals surface area contributed by atoms with E-state index >= 15 is 0 Å². The normalized spacial score (nSPS) is 20.2. The maximum atomic E-state index is 12.2. The molecule has 4 heteroatoms. The molecule has 17 heavy (non-hydrogen) atoms. The van der Waals surface area contributed by atoms with Gasteiger partial charge in [0.05, 0.1) is 11.7 Å². The standard InChI is InChI=1S/C13H19N3O/c1-9-5-4-6-10(2)12(9)16-8-11(7-14)15(3)13(16)17/h4-6,11H,7-8,14H2,1-3H3. The number of urea groups is 1. The number of para-hydroxylation sites is 1. The molecule has 4 nitrogen and oxygen atoms in total. The number of hydrogen-bond acceptors (Lipinski definition) is 2. The van der Waals surface area contributed by atoms with Gasteiger partial charge in [-0.25, -0.2) is 4.79 Å². The first-order valence-electron chi connectivity index (χ1n) is 5.87. The molecular weight excluding hydrogens is 214 g/mol. The number of carbonyl (C=O) groups excluding carboxylic acids is 1. The summed E-state index contributed by atoms with van der Waals surface area (Å²) in [5.41, 5.74) is 8.97. The van der Waals surface area contributed by atoms with Crippen LogP contribution < -0.4 is 10.6 Å². The molecule has 1 atom stereocenters. The molecule has 2 amide bonds. The fraction of sp³-hybridized carbons (Fsp3) is 0.462. The predicted molar refractivity (Wildman–Crippen MR) is 69.3 cm³/mol. The van der Waals surface area contributed by atoms with Gasteiger partial charge < -0.3 is 10.6 Å². The minimum Gasteiger partial charge on any atom is -0.328 e. The third-order valence-electron chi connectivity index (χ3n) is 3.46. The summed E-state index contributed by atoms with van der Waals surface area (Å²) in [6.07, 6.45) is 0. The summed E-state index contributed by atoms with van der Waals surface area (Å²) in [7, 11) is 1.81. The van der Waals surface area contributed by atoms with E-state index in [0.29, 0.717) is 13.1 Å². The molecule has 1 saturated heterocycles. The van der Waals surface area contributed by atoms with Crippen molar-refractivity contribution in [2.45, 2.75) is 19.9 Å². The van der Waals surface area contributed by atoms with Crippen molar-refractivity contribution < 1.29 is 4.79 Å². The van der Waals surface area contributed by atoms with Crippen molar-refractivity contribution in [3.8, 4) is 0 Å². The van der Waals surface area contributed by atoms with Gasteiger partial charge in [-0.05, 0) is 25.0 Å². The lowest BCUT2D eigenvalue weighted by molar-refractivity contribution is 0.219. The minimum absolute atomic E-state index is 0.0397. The molecule has 2 rings (SSSR count). The van der Waals surface area contributed by atoms with Gasteiger partial charge in [-0.2, -0.15) is 0 Å². The molecule has 1 heterocycles. The van der Waals surface area contributed by atoms with Crippen LogP contribution in [0.15, 0.2) is 18.2 Å². The van der Waals surface area contributed by atoms with Gasteiger partial charge in [0.1, 0.15) is 0 Å². The zero-order valence-electron chi connectivity index (χ0n) is 10.6. The number of carbonyl (C=O) groups is 1. The second kappa shape index (κ2) is 4.37. The molecule has 92 valence electrons. The lowest BCUT2D eigenvalue weighted by Gasteiger charge is -2.20. The molecule has 1 aliphatic heterocycles. The lowest BCUT2D eigenvalue weighted by atomic mass is 10.1. The molecule has 2 N–H and O–H groups in total. The number of amides is 2. The first kappa shape index (κ1) is 11.9. The van der Waals surface area contributed by atoms with Crippen LogP contribution in [0.1, 0.15) is 11.1 Å². The van der Waals surface area contributed by atoms with E-state index in [1.807, 2.05) is 44.0 Å². The van der Waals surface area contributed by atoms with E-state index in [-0.39, 0.29) is 12.1 Å². The average molecular weight is 233 g/mol. The molecule has 1 fully saturated rings. The van der Waals surface area contributed by atoms with Crippen molar-refractivity contribution >= 4 is 11.7 Å². The third kappa shape index (κ3) is 1.89. The van der Waals surface area contributed by atoms with Crippen LogP contribution in [0.5, 0.6) is 0 Å². The summed E-state index contributed by atoms with van der Waals surface area (Å²) in [6.45, 7) is 5.25. The molecule has 1 aromatic rings. The van der Waals surface area contributed by atoms with E-state index in [4.69, 9.17) is 5.73 Å². The summed E-state index contributed by atoms with van der Waals surface area (Å²) < 4.78 is 0. The van der Waals surface area contributed by atoms with E-state index in [1.54, 1.807) is 4.90 Å². The Balaban J connectivity index is 2.39. The zero-order valence-corrected chi connectivity index (χ0v) is 10.6. The molecule has 0 saturated carbocycles. The fourth-order valence-corrected chi connectivity index (χ4v) is 2.41. The number of hydrogen-bond donors (Lipinski definition) is 1. The van der Waals surface area contributed by atoms with Crippen molar-refractivity contribution in [3.63, 3.8) is 0 Å². The highest BCUT2D eigenvalue weighted by atomic mass is 16.2. The number of nitrogens with zero attached hydrogens (tertiary/aromatic N) is 2. The topological polar surface area (TPSA) is 49.6 Å². The summed E-state index contributed by atoms with van der Waals surface area (Å²) in [5.74, 6) is 0. The van der Waals surface area contributed by atoms with Crippen LogP contribution >= 0.6 is 0 Å². The van der Waals surface area contributed by atoms with Crippen LogP contribution in [-0.2, 0) is 0 Å². The van der Waals surface area contributed by atoms with Crippen LogP contribution in [-0.4, -0.2) is 37.1 Å². The Morgan fingerprint density at radius 3 is 2.41 bits per heavy atom. The van der Waals surface area contributed by atoms with Gasteiger partial charge in [-0.3, -0.25) is 4.90 Å². The molecule has 1 aliphatic rings. The lowest BCUT2D eigenvalue weighted by Crippen LogP contribution is -2.35. The predicted octanol–water partition coefficient (Wildman–Crippen LogP) is 1.50. The molecule has 0 radical (unpaired) electrons. The molecule has 1 unspecified atom stereocenters. The molecular formula is C13H19N3O. The Labute approximate surface area is 102 Å². The summed E-state index contributed by atoms with van der Waals surface area (Å²) in [5, 5.41) is 0. The van der Waals surface area contributed by atoms with Gasteiger partial charge >= 0.3 is 6.03 Å². The second-order valence-corrected chi connectivity index (χ2v) is 4.63. The highest BCUT2D eigenvalue weighted by Crippen LogP contribution is 2.29. The highest BCUT2D eigenvalue weighted by Gasteiger charge is 2.35. The summed E-state index contributed by atoms with van der Waals surface area (Å²) in [4.78, 5) is 15.7. The third-order valence-corrected chi connectivity index (χ3v) is 3.46. The van der Waals surface area contributed by atoms with Crippen LogP contribution in [0.2, 0.25) is 0 Å². The minimum atomic E-state index is 0.0397. The first-order valence-corrected chi connectivity index (χ1v) is 5.87. The van der Waals surface area contributed by atoms with E-state index in [2.05, 4.69) is 0 Å². The number of rotatable bonds is 2. The maximum absolute atomic E-state index is 12.2. The van der Waals surface area contributed by atoms with E-state index in [0.717, 1.165) is 16.8 Å². The molecule has 0 aliphatic carbocycles. The Morgan fingerprint density at radius 1 is 1.35 bits per heavy atom. The van der Waals surface area contributed by atoms with E-state index in [9.17, 15) is 4.79 Å². The largest absolute Gasteiger partial charge is 0.328 e. The molecule has 1 aromatic carbocycles. The average Bonchev–Trinajstić information content (AvgIpc) is 2.57. The van der Waals surface area contributed by atoms with Gasteiger partial charge in [-0.1, -0.05) is 18.2 Å². The van der Waals surface area contributed by atoms with Gasteiger partial charge in [0.15, 0.2) is 0 Å². The van der Waals surface area contributed by atoms with Crippen LogP contribution in [0.25, 0.3) is 0 Å². The van der Waals surface area contributed by atoms with Gasteiger partial charge in [-0.15, -0.1) is 0 Å². The number of likely N-dealkylation sites (N-methyl/N-ethyl adjacent to an activating group) is 1. The summed E-state index contributed by atoms with van der Waals surface area (Å²) in [6, 6.07) is 6.23. The van der Waals surface area contributed by atoms with Crippen LogP contribution in [0.3, 0.4) is 0 Å². The fourth-order valence-electron chi connectivity index (χ4n) is 2.41. The number of nitrogens with two attached hydrogens (primary N) is 1. The molecule has 0 bridgehead atoms. The van der Waals surface area contributed by atoms with Crippen molar-refractivity contribution in [1.29, 1.82) is 0 Å². The number of aryl methyl sites for hydroxylation is 2.